The molecule has 3 aromatic carbocycles. The Morgan fingerprint density at radius 3 is 1.84 bits per heavy atom. The fraction of sp³-hybridized carbons (Fsp3) is 0.100. The summed E-state index contributed by atoms with van der Waals surface area (Å²) in [5, 5.41) is 0. The zero-order valence-corrected chi connectivity index (χ0v) is 15.3. The SMILES string of the molecule is CS(=O)(=O)Oc1ccc([S+]2c3ccccc3Cc3ccccc32)cc1. The van der Waals surface area contributed by atoms with Crippen molar-refractivity contribution in [3.63, 3.8) is 0 Å². The van der Waals surface area contributed by atoms with Gasteiger partial charge >= 0.3 is 10.1 Å². The van der Waals surface area contributed by atoms with Crippen molar-refractivity contribution in [2.75, 3.05) is 6.26 Å². The molecular weight excluding hydrogens is 352 g/mol. The van der Waals surface area contributed by atoms with Crippen LogP contribution in [0.1, 0.15) is 11.1 Å². The van der Waals surface area contributed by atoms with Gasteiger partial charge in [0.15, 0.2) is 14.7 Å². The molecule has 3 nitrogen and oxygen atoms in total. The first-order valence-corrected chi connectivity index (χ1v) is 10.9. The monoisotopic (exact) mass is 369 g/mol. The third-order valence-electron chi connectivity index (χ3n) is 4.07. The molecule has 126 valence electrons. The Balaban J connectivity index is 1.80. The Labute approximate surface area is 150 Å². The van der Waals surface area contributed by atoms with Gasteiger partial charge in [-0.3, -0.25) is 0 Å². The second kappa shape index (κ2) is 6.24. The third-order valence-corrected chi connectivity index (χ3v) is 6.99. The molecule has 0 unspecified atom stereocenters. The molecule has 25 heavy (non-hydrogen) atoms. The van der Waals surface area contributed by atoms with Crippen LogP contribution in [0.15, 0.2) is 87.5 Å². The van der Waals surface area contributed by atoms with Crippen molar-refractivity contribution in [2.45, 2.75) is 21.1 Å². The molecule has 5 heteroatoms. The molecule has 1 aliphatic heterocycles. The zero-order valence-electron chi connectivity index (χ0n) is 13.7. The number of fused-ring (bicyclic) bond motifs is 2. The van der Waals surface area contributed by atoms with E-state index in [9.17, 15) is 8.42 Å². The highest BCUT2D eigenvalue weighted by atomic mass is 32.2. The van der Waals surface area contributed by atoms with Crippen LogP contribution in [0.4, 0.5) is 0 Å². The van der Waals surface area contributed by atoms with Crippen molar-refractivity contribution in [3.8, 4) is 5.75 Å². The van der Waals surface area contributed by atoms with Crippen molar-refractivity contribution < 1.29 is 12.6 Å². The van der Waals surface area contributed by atoms with Gasteiger partial charge in [-0.15, -0.1) is 0 Å². The largest absolute Gasteiger partial charge is 0.383 e. The Morgan fingerprint density at radius 2 is 1.32 bits per heavy atom. The van der Waals surface area contributed by atoms with Crippen LogP contribution in [0.3, 0.4) is 0 Å². The molecule has 0 bridgehead atoms. The van der Waals surface area contributed by atoms with E-state index >= 15 is 0 Å². The summed E-state index contributed by atoms with van der Waals surface area (Å²) in [6.45, 7) is 0. The van der Waals surface area contributed by atoms with Gasteiger partial charge in [-0.1, -0.05) is 36.4 Å². The van der Waals surface area contributed by atoms with Crippen LogP contribution >= 0.6 is 0 Å². The second-order valence-electron chi connectivity index (χ2n) is 5.96. The van der Waals surface area contributed by atoms with Gasteiger partial charge in [0, 0.05) is 17.5 Å². The van der Waals surface area contributed by atoms with E-state index in [4.69, 9.17) is 4.18 Å². The molecule has 0 saturated heterocycles. The summed E-state index contributed by atoms with van der Waals surface area (Å²) in [5.74, 6) is 0.341. The first-order valence-electron chi connectivity index (χ1n) is 7.91. The maximum absolute atomic E-state index is 11.3. The summed E-state index contributed by atoms with van der Waals surface area (Å²) in [6.07, 6.45) is 2.00. The van der Waals surface area contributed by atoms with Crippen molar-refractivity contribution >= 4 is 21.0 Å². The first kappa shape index (κ1) is 16.2. The highest BCUT2D eigenvalue weighted by Crippen LogP contribution is 2.40. The summed E-state index contributed by atoms with van der Waals surface area (Å²) in [7, 11) is -3.70. The van der Waals surface area contributed by atoms with Gasteiger partial charge in [-0.2, -0.15) is 8.42 Å². The smallest absolute Gasteiger partial charge is 0.306 e. The highest BCUT2D eigenvalue weighted by molar-refractivity contribution is 7.97. The molecule has 0 fully saturated rings. The van der Waals surface area contributed by atoms with Gasteiger partial charge in [0.2, 0.25) is 0 Å². The highest BCUT2D eigenvalue weighted by Gasteiger charge is 2.36. The second-order valence-corrected chi connectivity index (χ2v) is 9.50. The topological polar surface area (TPSA) is 43.4 Å². The molecule has 0 radical (unpaired) electrons. The van der Waals surface area contributed by atoms with Crippen LogP contribution in [0, 0.1) is 0 Å². The minimum atomic E-state index is -3.51. The fourth-order valence-corrected chi connectivity index (χ4v) is 5.93. The minimum absolute atomic E-state index is 0.194. The summed E-state index contributed by atoms with van der Waals surface area (Å²) < 4.78 is 27.5. The molecular formula is C20H17O3S2+. The van der Waals surface area contributed by atoms with Crippen molar-refractivity contribution in [1.82, 2.24) is 0 Å². The van der Waals surface area contributed by atoms with E-state index in [1.165, 1.54) is 20.9 Å². The van der Waals surface area contributed by atoms with Crippen LogP contribution in [-0.4, -0.2) is 14.7 Å². The normalized spacial score (nSPS) is 13.8. The van der Waals surface area contributed by atoms with E-state index < -0.39 is 10.1 Å². The van der Waals surface area contributed by atoms with E-state index in [1.54, 1.807) is 12.1 Å². The molecule has 0 aromatic heterocycles. The molecule has 4 rings (SSSR count). The minimum Gasteiger partial charge on any atom is -0.383 e. The number of hydrogen-bond donors (Lipinski definition) is 0. The average Bonchev–Trinajstić information content (AvgIpc) is 2.59. The van der Waals surface area contributed by atoms with Crippen LogP contribution in [0.25, 0.3) is 0 Å². The van der Waals surface area contributed by atoms with Crippen LogP contribution in [0.5, 0.6) is 5.75 Å². The molecule has 0 saturated carbocycles. The predicted octanol–water partition coefficient (Wildman–Crippen LogP) is 4.02. The summed E-state index contributed by atoms with van der Waals surface area (Å²) in [5.41, 5.74) is 2.70. The van der Waals surface area contributed by atoms with E-state index in [2.05, 4.69) is 48.5 Å². The molecule has 0 aliphatic carbocycles. The van der Waals surface area contributed by atoms with Crippen molar-refractivity contribution in [3.05, 3.63) is 83.9 Å². The Hall–Kier alpha value is -2.24. The number of hydrogen-bond acceptors (Lipinski definition) is 3. The van der Waals surface area contributed by atoms with Crippen LogP contribution in [0.2, 0.25) is 0 Å². The number of rotatable bonds is 3. The fourth-order valence-electron chi connectivity index (χ4n) is 3.08. The molecule has 0 N–H and O–H groups in total. The summed E-state index contributed by atoms with van der Waals surface area (Å²) >= 11 is 0. The Kier molecular flexibility index (Phi) is 4.06. The van der Waals surface area contributed by atoms with Gasteiger partial charge in [0.05, 0.1) is 17.2 Å². The molecule has 1 aliphatic rings. The van der Waals surface area contributed by atoms with Crippen molar-refractivity contribution in [1.29, 1.82) is 0 Å². The lowest BCUT2D eigenvalue weighted by Gasteiger charge is -2.19. The Bertz CT molecular complexity index is 979. The van der Waals surface area contributed by atoms with Gasteiger partial charge in [0.25, 0.3) is 0 Å². The predicted molar refractivity (Wildman–Crippen MR) is 99.8 cm³/mol. The molecule has 3 aromatic rings. The van der Waals surface area contributed by atoms with E-state index in [1.807, 2.05) is 12.1 Å². The summed E-state index contributed by atoms with van der Waals surface area (Å²) in [6, 6.07) is 24.4. The van der Waals surface area contributed by atoms with E-state index in [0.29, 0.717) is 5.75 Å². The lowest BCUT2D eigenvalue weighted by Crippen LogP contribution is -2.15. The van der Waals surface area contributed by atoms with Gasteiger partial charge in [-0.05, 0) is 36.4 Å². The Morgan fingerprint density at radius 1 is 0.800 bits per heavy atom. The average molecular weight is 369 g/mol. The molecule has 1 heterocycles. The van der Waals surface area contributed by atoms with Gasteiger partial charge in [-0.25, -0.2) is 0 Å². The van der Waals surface area contributed by atoms with Crippen molar-refractivity contribution in [2.24, 2.45) is 0 Å². The molecule has 0 amide bonds. The lowest BCUT2D eigenvalue weighted by molar-refractivity contribution is 0.493. The molecule has 0 atom stereocenters. The summed E-state index contributed by atoms with van der Waals surface area (Å²) in [4.78, 5) is 3.82. The maximum Gasteiger partial charge on any atom is 0.306 e. The lowest BCUT2D eigenvalue weighted by atomic mass is 10.0. The zero-order chi connectivity index (χ0) is 17.4. The first-order chi connectivity index (χ1) is 12.0. The van der Waals surface area contributed by atoms with Gasteiger partial charge in [0.1, 0.15) is 5.75 Å². The maximum atomic E-state index is 11.3. The van der Waals surface area contributed by atoms with Gasteiger partial charge < -0.3 is 4.18 Å². The quantitative estimate of drug-likeness (QED) is 0.405. The standard InChI is InChI=1S/C20H17O3S2/c1-25(21,22)23-17-10-12-18(13-11-17)24-19-8-4-2-6-15(19)14-16-7-3-5-9-20(16)24/h2-13H,14H2,1H3/q+1. The van der Waals surface area contributed by atoms with Crippen LogP contribution in [-0.2, 0) is 27.4 Å². The molecule has 0 spiro atoms. The third kappa shape index (κ3) is 3.30. The van der Waals surface area contributed by atoms with E-state index in [-0.39, 0.29) is 10.9 Å². The van der Waals surface area contributed by atoms with Crippen LogP contribution < -0.4 is 4.18 Å². The van der Waals surface area contributed by atoms with E-state index in [0.717, 1.165) is 17.6 Å². The number of benzene rings is 3.